The Balaban J connectivity index is 0.00000361. The second-order valence-electron chi connectivity index (χ2n) is 5.57. The SMILES string of the molecule is CC(C)[C@H](N)C(=O)NCC1CCC(C(=O)N(C)C)O1.Cl. The molecule has 1 saturated heterocycles. The van der Waals surface area contributed by atoms with Gasteiger partial charge in [0.2, 0.25) is 5.91 Å². The van der Waals surface area contributed by atoms with E-state index in [2.05, 4.69) is 5.32 Å². The van der Waals surface area contributed by atoms with Crippen LogP contribution in [0.5, 0.6) is 0 Å². The zero-order valence-electron chi connectivity index (χ0n) is 12.6. The number of carbonyl (C=O) groups is 2. The molecular weight excluding hydrogens is 282 g/mol. The lowest BCUT2D eigenvalue weighted by Crippen LogP contribution is -2.46. The quantitative estimate of drug-likeness (QED) is 0.757. The van der Waals surface area contributed by atoms with Crippen LogP contribution in [0, 0.1) is 5.92 Å². The van der Waals surface area contributed by atoms with Crippen molar-refractivity contribution in [2.75, 3.05) is 20.6 Å². The van der Waals surface area contributed by atoms with Crippen LogP contribution in [0.25, 0.3) is 0 Å². The van der Waals surface area contributed by atoms with Crippen molar-refractivity contribution in [2.24, 2.45) is 11.7 Å². The fraction of sp³-hybridized carbons (Fsp3) is 0.846. The summed E-state index contributed by atoms with van der Waals surface area (Å²) in [6.07, 6.45) is 1.00. The number of likely N-dealkylation sites (N-methyl/N-ethyl adjacent to an activating group) is 1. The van der Waals surface area contributed by atoms with Gasteiger partial charge in [0.25, 0.3) is 5.91 Å². The summed E-state index contributed by atoms with van der Waals surface area (Å²) >= 11 is 0. The van der Waals surface area contributed by atoms with Crippen LogP contribution in [0.1, 0.15) is 26.7 Å². The van der Waals surface area contributed by atoms with E-state index < -0.39 is 6.04 Å². The third-order valence-corrected chi connectivity index (χ3v) is 3.35. The number of ether oxygens (including phenoxy) is 1. The van der Waals surface area contributed by atoms with Crippen LogP contribution in [-0.2, 0) is 14.3 Å². The number of nitrogens with two attached hydrogens (primary N) is 1. The molecule has 0 radical (unpaired) electrons. The number of rotatable bonds is 5. The fourth-order valence-electron chi connectivity index (χ4n) is 1.96. The summed E-state index contributed by atoms with van der Waals surface area (Å²) in [5.74, 6) is -0.0822. The molecule has 1 fully saturated rings. The molecule has 0 bridgehead atoms. The average Bonchev–Trinajstić information content (AvgIpc) is 2.82. The van der Waals surface area contributed by atoms with Gasteiger partial charge in [-0.25, -0.2) is 0 Å². The first-order valence-electron chi connectivity index (χ1n) is 6.72. The Morgan fingerprint density at radius 1 is 1.35 bits per heavy atom. The summed E-state index contributed by atoms with van der Waals surface area (Å²) in [6, 6.07) is -0.499. The number of nitrogens with one attached hydrogen (secondary N) is 1. The molecule has 0 saturated carbocycles. The van der Waals surface area contributed by atoms with Crippen LogP contribution >= 0.6 is 12.4 Å². The molecule has 0 aromatic rings. The maximum Gasteiger partial charge on any atom is 0.251 e. The Bertz CT molecular complexity index is 337. The van der Waals surface area contributed by atoms with Crippen molar-refractivity contribution in [2.45, 2.75) is 44.9 Å². The smallest absolute Gasteiger partial charge is 0.251 e. The highest BCUT2D eigenvalue weighted by molar-refractivity contribution is 5.85. The van der Waals surface area contributed by atoms with Crippen molar-refractivity contribution in [3.05, 3.63) is 0 Å². The fourth-order valence-corrected chi connectivity index (χ4v) is 1.96. The van der Waals surface area contributed by atoms with Gasteiger partial charge in [0, 0.05) is 20.6 Å². The molecule has 0 aromatic carbocycles. The molecular formula is C13H26ClN3O3. The number of amides is 2. The number of nitrogens with zero attached hydrogens (tertiary/aromatic N) is 1. The molecule has 3 N–H and O–H groups in total. The lowest BCUT2D eigenvalue weighted by Gasteiger charge is -2.19. The van der Waals surface area contributed by atoms with Gasteiger partial charge in [-0.3, -0.25) is 9.59 Å². The molecule has 0 spiro atoms. The van der Waals surface area contributed by atoms with Crippen LogP contribution in [0.4, 0.5) is 0 Å². The summed E-state index contributed by atoms with van der Waals surface area (Å²) < 4.78 is 5.63. The summed E-state index contributed by atoms with van der Waals surface area (Å²) in [5, 5.41) is 2.78. The van der Waals surface area contributed by atoms with E-state index in [1.807, 2.05) is 13.8 Å². The standard InChI is InChI=1S/C13H25N3O3.ClH/c1-8(2)11(14)12(17)15-7-9-5-6-10(19-9)13(18)16(3)4;/h8-11H,5-7,14H2,1-4H3,(H,15,17);1H/t9?,10?,11-;/m0./s1. The molecule has 1 aliphatic rings. The summed E-state index contributed by atoms with van der Waals surface area (Å²) in [5.41, 5.74) is 5.75. The zero-order chi connectivity index (χ0) is 14.6. The lowest BCUT2D eigenvalue weighted by atomic mass is 10.0. The molecule has 0 aliphatic carbocycles. The van der Waals surface area contributed by atoms with Gasteiger partial charge in [0.1, 0.15) is 6.10 Å². The Labute approximate surface area is 126 Å². The maximum atomic E-state index is 11.7. The van der Waals surface area contributed by atoms with E-state index in [4.69, 9.17) is 10.5 Å². The van der Waals surface area contributed by atoms with Gasteiger partial charge in [-0.1, -0.05) is 13.8 Å². The Hall–Kier alpha value is -0.850. The summed E-state index contributed by atoms with van der Waals surface area (Å²) in [6.45, 7) is 4.22. The predicted octanol–water partition coefficient (Wildman–Crippen LogP) is 0.144. The molecule has 118 valence electrons. The van der Waals surface area contributed by atoms with Crippen molar-refractivity contribution < 1.29 is 14.3 Å². The van der Waals surface area contributed by atoms with Gasteiger partial charge >= 0.3 is 0 Å². The van der Waals surface area contributed by atoms with Crippen molar-refractivity contribution in [3.63, 3.8) is 0 Å². The van der Waals surface area contributed by atoms with Crippen LogP contribution in [0.15, 0.2) is 0 Å². The van der Waals surface area contributed by atoms with Crippen LogP contribution in [-0.4, -0.2) is 55.6 Å². The topological polar surface area (TPSA) is 84.7 Å². The van der Waals surface area contributed by atoms with Crippen LogP contribution in [0.3, 0.4) is 0 Å². The van der Waals surface area contributed by atoms with E-state index in [1.54, 1.807) is 14.1 Å². The van der Waals surface area contributed by atoms with Crippen LogP contribution < -0.4 is 11.1 Å². The third-order valence-electron chi connectivity index (χ3n) is 3.35. The molecule has 6 nitrogen and oxygen atoms in total. The lowest BCUT2D eigenvalue weighted by molar-refractivity contribution is -0.140. The highest BCUT2D eigenvalue weighted by Gasteiger charge is 2.32. The minimum atomic E-state index is -0.499. The molecule has 7 heteroatoms. The van der Waals surface area contributed by atoms with Gasteiger partial charge in [0.05, 0.1) is 12.1 Å². The van der Waals surface area contributed by atoms with E-state index in [0.717, 1.165) is 6.42 Å². The number of hydrogen-bond acceptors (Lipinski definition) is 4. The minimum Gasteiger partial charge on any atom is -0.363 e. The van der Waals surface area contributed by atoms with Gasteiger partial charge in [-0.2, -0.15) is 0 Å². The summed E-state index contributed by atoms with van der Waals surface area (Å²) in [7, 11) is 3.42. The number of hydrogen-bond donors (Lipinski definition) is 2. The second-order valence-corrected chi connectivity index (χ2v) is 5.57. The first kappa shape index (κ1) is 19.1. The van der Waals surface area contributed by atoms with Crippen molar-refractivity contribution >= 4 is 24.2 Å². The highest BCUT2D eigenvalue weighted by Crippen LogP contribution is 2.20. The monoisotopic (exact) mass is 307 g/mol. The van der Waals surface area contributed by atoms with E-state index in [0.29, 0.717) is 13.0 Å². The zero-order valence-corrected chi connectivity index (χ0v) is 13.4. The van der Waals surface area contributed by atoms with Gasteiger partial charge in [0.15, 0.2) is 0 Å². The van der Waals surface area contributed by atoms with Crippen LogP contribution in [0.2, 0.25) is 0 Å². The molecule has 20 heavy (non-hydrogen) atoms. The first-order valence-corrected chi connectivity index (χ1v) is 6.72. The highest BCUT2D eigenvalue weighted by atomic mass is 35.5. The van der Waals surface area contributed by atoms with Crippen molar-refractivity contribution in [1.82, 2.24) is 10.2 Å². The minimum absolute atomic E-state index is 0. The molecule has 2 unspecified atom stereocenters. The Morgan fingerprint density at radius 2 is 1.95 bits per heavy atom. The molecule has 1 rings (SSSR count). The number of halogens is 1. The predicted molar refractivity (Wildman–Crippen MR) is 79.7 cm³/mol. The Morgan fingerprint density at radius 3 is 2.45 bits per heavy atom. The van der Waals surface area contributed by atoms with E-state index in [-0.39, 0.29) is 42.3 Å². The van der Waals surface area contributed by atoms with Gasteiger partial charge < -0.3 is 20.7 Å². The van der Waals surface area contributed by atoms with E-state index >= 15 is 0 Å². The van der Waals surface area contributed by atoms with Gasteiger partial charge in [-0.15, -0.1) is 12.4 Å². The molecule has 1 aliphatic heterocycles. The molecule has 1 heterocycles. The third kappa shape index (κ3) is 5.26. The largest absolute Gasteiger partial charge is 0.363 e. The van der Waals surface area contributed by atoms with E-state index in [9.17, 15) is 9.59 Å². The normalized spacial score (nSPS) is 23.1. The first-order chi connectivity index (χ1) is 8.82. The summed E-state index contributed by atoms with van der Waals surface area (Å²) in [4.78, 5) is 24.9. The molecule has 2 amide bonds. The number of carbonyl (C=O) groups excluding carboxylic acids is 2. The molecule has 3 atom stereocenters. The Kier molecular flexibility index (Phi) is 8.08. The van der Waals surface area contributed by atoms with Crippen molar-refractivity contribution in [1.29, 1.82) is 0 Å². The molecule has 0 aromatic heterocycles. The maximum absolute atomic E-state index is 11.7. The van der Waals surface area contributed by atoms with Gasteiger partial charge in [-0.05, 0) is 18.8 Å². The van der Waals surface area contributed by atoms with Crippen molar-refractivity contribution in [3.8, 4) is 0 Å². The van der Waals surface area contributed by atoms with E-state index in [1.165, 1.54) is 4.90 Å². The second kappa shape index (κ2) is 8.44. The average molecular weight is 308 g/mol.